The van der Waals surface area contributed by atoms with Gasteiger partial charge in [-0.1, -0.05) is 35.5 Å². The standard InChI is InChI=1S/C34H32B2ClN7O6S/c35-41-13-1-3-29(45)48-19-26(50-30(46)4-2-14-42-36)18-47-25-11-7-21(8-12-25)31-27(15-38)32(40)44-34(28(31)16-39)51-20-24-17-49-33(43-24)22-5-9-23(37)10-6-22/h5-12,17,26,41-42H,1-4,13-14,18-20H2,(H2,40,44)/t26-/m1/s1. The molecule has 4 N–H and O–H groups in total. The van der Waals surface area contributed by atoms with Gasteiger partial charge >= 0.3 is 11.9 Å². The summed E-state index contributed by atoms with van der Waals surface area (Å²) in [5.41, 5.74) is 8.63. The van der Waals surface area contributed by atoms with Gasteiger partial charge in [0.15, 0.2) is 22.1 Å². The third-order valence-electron chi connectivity index (χ3n) is 7.13. The summed E-state index contributed by atoms with van der Waals surface area (Å²) in [6.07, 6.45) is 1.80. The minimum Gasteiger partial charge on any atom is -0.490 e. The first-order valence-corrected chi connectivity index (χ1v) is 17.0. The van der Waals surface area contributed by atoms with Crippen LogP contribution in [0.3, 0.4) is 0 Å². The second-order valence-corrected chi connectivity index (χ2v) is 12.2. The molecule has 0 aliphatic rings. The van der Waals surface area contributed by atoms with Crippen LogP contribution in [0.25, 0.3) is 22.6 Å². The van der Waals surface area contributed by atoms with Crippen LogP contribution in [0.4, 0.5) is 5.82 Å². The van der Waals surface area contributed by atoms with Gasteiger partial charge in [0.05, 0.1) is 11.3 Å². The fourth-order valence-electron chi connectivity index (χ4n) is 4.63. The fraction of sp³-hybridized carbons (Fsp3) is 0.294. The van der Waals surface area contributed by atoms with Crippen LogP contribution in [0.15, 0.2) is 64.2 Å². The van der Waals surface area contributed by atoms with E-state index in [0.29, 0.717) is 70.2 Å². The molecular weight excluding hydrogens is 692 g/mol. The van der Waals surface area contributed by atoms with E-state index >= 15 is 0 Å². The summed E-state index contributed by atoms with van der Waals surface area (Å²) < 4.78 is 22.3. The predicted octanol–water partition coefficient (Wildman–Crippen LogP) is 4.42. The summed E-state index contributed by atoms with van der Waals surface area (Å²) in [7, 11) is 10.5. The van der Waals surface area contributed by atoms with Gasteiger partial charge in [0.2, 0.25) is 5.89 Å². The normalized spacial score (nSPS) is 11.3. The minimum atomic E-state index is -0.887. The Hall–Kier alpha value is -4.99. The molecule has 17 heteroatoms. The molecule has 2 aromatic carbocycles. The van der Waals surface area contributed by atoms with Gasteiger partial charge in [-0.15, -0.1) is 0 Å². The second-order valence-electron chi connectivity index (χ2n) is 10.8. The van der Waals surface area contributed by atoms with Gasteiger partial charge in [-0.3, -0.25) is 9.59 Å². The number of aromatic nitrogens is 2. The van der Waals surface area contributed by atoms with Gasteiger partial charge < -0.3 is 34.8 Å². The smallest absolute Gasteiger partial charge is 0.306 e. The number of nitrogen functional groups attached to an aromatic ring is 1. The lowest BCUT2D eigenvalue weighted by atomic mass is 9.97. The van der Waals surface area contributed by atoms with E-state index in [2.05, 4.69) is 32.6 Å². The minimum absolute atomic E-state index is 0.0305. The van der Waals surface area contributed by atoms with Gasteiger partial charge in [0.1, 0.15) is 53.8 Å². The molecule has 4 radical (unpaired) electrons. The second kappa shape index (κ2) is 20.0. The van der Waals surface area contributed by atoms with E-state index in [-0.39, 0.29) is 43.0 Å². The maximum Gasteiger partial charge on any atom is 0.306 e. The van der Waals surface area contributed by atoms with Crippen molar-refractivity contribution in [1.82, 2.24) is 20.4 Å². The van der Waals surface area contributed by atoms with Crippen LogP contribution in [-0.4, -0.2) is 70.3 Å². The van der Waals surface area contributed by atoms with Crippen LogP contribution < -0.4 is 20.9 Å². The lowest BCUT2D eigenvalue weighted by molar-refractivity contribution is -0.161. The molecule has 0 fully saturated rings. The number of oxazole rings is 1. The lowest BCUT2D eigenvalue weighted by Gasteiger charge is -2.19. The molecule has 4 rings (SSSR count). The van der Waals surface area contributed by atoms with Gasteiger partial charge in [-0.2, -0.15) is 10.5 Å². The predicted molar refractivity (Wildman–Crippen MR) is 192 cm³/mol. The number of hydrogen-bond donors (Lipinski definition) is 3. The van der Waals surface area contributed by atoms with Crippen LogP contribution >= 0.6 is 23.4 Å². The monoisotopic (exact) mass is 723 g/mol. The van der Waals surface area contributed by atoms with Crippen LogP contribution in [0.2, 0.25) is 5.02 Å². The number of anilines is 1. The number of halogens is 1. The summed E-state index contributed by atoms with van der Waals surface area (Å²) in [4.78, 5) is 33.4. The molecule has 0 aliphatic carbocycles. The third kappa shape index (κ3) is 11.5. The van der Waals surface area contributed by atoms with Crippen molar-refractivity contribution in [2.75, 3.05) is 32.0 Å². The van der Waals surface area contributed by atoms with E-state index in [1.807, 2.05) is 0 Å². The van der Waals surface area contributed by atoms with Gasteiger partial charge in [0.25, 0.3) is 0 Å². The summed E-state index contributed by atoms with van der Waals surface area (Å²) in [6.45, 7) is 0.535. The summed E-state index contributed by atoms with van der Waals surface area (Å²) in [6, 6.07) is 17.9. The number of esters is 2. The van der Waals surface area contributed by atoms with Gasteiger partial charge in [-0.25, -0.2) is 9.97 Å². The largest absolute Gasteiger partial charge is 0.490 e. The number of nitrogens with one attached hydrogen (secondary N) is 2. The highest BCUT2D eigenvalue weighted by Crippen LogP contribution is 2.37. The molecular formula is C34H32B2ClN7O6S. The van der Waals surface area contributed by atoms with Gasteiger partial charge in [0, 0.05) is 34.7 Å². The number of carbonyl (C=O) groups is 2. The van der Waals surface area contributed by atoms with Crippen LogP contribution in [0.5, 0.6) is 5.75 Å². The molecule has 51 heavy (non-hydrogen) atoms. The number of nitriles is 2. The fourth-order valence-corrected chi connectivity index (χ4v) is 5.63. The van der Waals surface area contributed by atoms with E-state index in [0.717, 1.165) is 5.56 Å². The quantitative estimate of drug-likeness (QED) is 0.0532. The zero-order chi connectivity index (χ0) is 36.6. The summed E-state index contributed by atoms with van der Waals surface area (Å²) >= 11 is 7.21. The zero-order valence-electron chi connectivity index (χ0n) is 27.4. The number of benzene rings is 2. The third-order valence-corrected chi connectivity index (χ3v) is 8.39. The van der Waals surface area contributed by atoms with Crippen molar-refractivity contribution in [3.05, 3.63) is 76.6 Å². The summed E-state index contributed by atoms with van der Waals surface area (Å²) in [5.74, 6) is 0.120. The molecule has 4 aromatic rings. The Kier molecular flexibility index (Phi) is 15.2. The SMILES string of the molecule is [B]NCCCC(=O)OC[C@@H](COc1ccc(-c2c(C#N)c(N)nc(SCc3coc(-c4ccc(Cl)cc4)n3)c2C#N)cc1)OC(=O)CCCN[B]. The molecule has 0 aliphatic heterocycles. The molecule has 0 amide bonds. The highest BCUT2D eigenvalue weighted by Gasteiger charge is 2.22. The highest BCUT2D eigenvalue weighted by atomic mass is 35.5. The molecule has 0 saturated heterocycles. The first-order chi connectivity index (χ1) is 24.8. The van der Waals surface area contributed by atoms with Crippen molar-refractivity contribution < 1.29 is 28.2 Å². The first kappa shape index (κ1) is 38.8. The number of thioether (sulfide) groups is 1. The van der Waals surface area contributed by atoms with Crippen molar-refractivity contribution in [1.29, 1.82) is 10.5 Å². The number of nitrogens with two attached hydrogens (primary N) is 1. The maximum atomic E-state index is 12.4. The Bertz CT molecular complexity index is 1870. The Balaban J connectivity index is 1.47. The maximum absolute atomic E-state index is 12.4. The average molecular weight is 724 g/mol. The van der Waals surface area contributed by atoms with Crippen molar-refractivity contribution in [3.8, 4) is 40.5 Å². The number of ether oxygens (including phenoxy) is 3. The molecule has 0 unspecified atom stereocenters. The first-order valence-electron chi connectivity index (χ1n) is 15.7. The molecule has 1 atom stereocenters. The molecule has 0 spiro atoms. The van der Waals surface area contributed by atoms with E-state index in [4.69, 9.17) is 51.9 Å². The van der Waals surface area contributed by atoms with E-state index < -0.39 is 18.0 Å². The Morgan fingerprint density at radius 2 is 1.57 bits per heavy atom. The van der Waals surface area contributed by atoms with Gasteiger partial charge in [-0.05, 0) is 67.9 Å². The number of nitrogens with zero attached hydrogens (tertiary/aromatic N) is 4. The Labute approximate surface area is 307 Å². The van der Waals surface area contributed by atoms with Crippen molar-refractivity contribution in [3.63, 3.8) is 0 Å². The van der Waals surface area contributed by atoms with Crippen molar-refractivity contribution in [2.24, 2.45) is 0 Å². The lowest BCUT2D eigenvalue weighted by Crippen LogP contribution is -2.31. The zero-order valence-corrected chi connectivity index (χ0v) is 29.0. The summed E-state index contributed by atoms with van der Waals surface area (Å²) in [5, 5.41) is 26.0. The molecule has 13 nitrogen and oxygen atoms in total. The van der Waals surface area contributed by atoms with Crippen molar-refractivity contribution >= 4 is 57.1 Å². The molecule has 258 valence electrons. The number of rotatable bonds is 19. The Morgan fingerprint density at radius 1 is 0.922 bits per heavy atom. The van der Waals surface area contributed by atoms with Crippen LogP contribution in [0, 0.1) is 22.7 Å². The van der Waals surface area contributed by atoms with Crippen molar-refractivity contribution in [2.45, 2.75) is 42.6 Å². The number of pyridine rings is 1. The van der Waals surface area contributed by atoms with E-state index in [1.54, 1.807) is 48.5 Å². The number of hydrogen-bond acceptors (Lipinski definition) is 14. The molecule has 2 heterocycles. The average Bonchev–Trinajstić information content (AvgIpc) is 3.61. The molecule has 0 bridgehead atoms. The molecule has 0 saturated carbocycles. The molecule has 2 aromatic heterocycles. The topological polar surface area (TPSA) is 198 Å². The number of carbonyl (C=O) groups excluding carboxylic acids is 2. The highest BCUT2D eigenvalue weighted by molar-refractivity contribution is 7.98. The van der Waals surface area contributed by atoms with Crippen LogP contribution in [-0.2, 0) is 24.8 Å². The van der Waals surface area contributed by atoms with E-state index in [1.165, 1.54) is 18.0 Å². The van der Waals surface area contributed by atoms with E-state index in [9.17, 15) is 20.1 Å². The Morgan fingerprint density at radius 3 is 2.22 bits per heavy atom. The van der Waals surface area contributed by atoms with Crippen LogP contribution in [0.1, 0.15) is 42.5 Å².